The number of rotatable bonds is 5. The molecule has 1 aromatic rings. The lowest BCUT2D eigenvalue weighted by molar-refractivity contribution is -0.131. The molecule has 1 amide bonds. The Kier molecular flexibility index (Phi) is 5.63. The van der Waals surface area contributed by atoms with Crippen LogP contribution in [0.4, 0.5) is 0 Å². The smallest absolute Gasteiger partial charge is 0.239 e. The molecule has 1 N–H and O–H groups in total. The molecule has 0 saturated heterocycles. The third-order valence-corrected chi connectivity index (χ3v) is 3.44. The van der Waals surface area contributed by atoms with Crippen LogP contribution >= 0.6 is 11.6 Å². The third-order valence-electron chi connectivity index (χ3n) is 3.09. The van der Waals surface area contributed by atoms with E-state index in [0.717, 1.165) is 10.6 Å². The van der Waals surface area contributed by atoms with Crippen LogP contribution in [0.3, 0.4) is 0 Å². The minimum Gasteiger partial charge on any atom is -0.345 e. The number of halogens is 1. The normalized spacial score (nSPS) is 14.1. The van der Waals surface area contributed by atoms with Crippen LogP contribution in [0, 0.1) is 0 Å². The monoisotopic (exact) mass is 268 g/mol. The van der Waals surface area contributed by atoms with Crippen molar-refractivity contribution < 1.29 is 4.79 Å². The van der Waals surface area contributed by atoms with Crippen LogP contribution in [-0.4, -0.2) is 30.4 Å². The molecule has 18 heavy (non-hydrogen) atoms. The SMILES string of the molecule is CCN(C)C(=O)C(C)NC(C)c1ccccc1Cl. The summed E-state index contributed by atoms with van der Waals surface area (Å²) in [6.45, 7) is 6.56. The van der Waals surface area contributed by atoms with Crippen molar-refractivity contribution in [1.29, 1.82) is 0 Å². The summed E-state index contributed by atoms with van der Waals surface area (Å²) in [7, 11) is 1.81. The van der Waals surface area contributed by atoms with Crippen molar-refractivity contribution in [2.45, 2.75) is 32.9 Å². The number of carbonyl (C=O) groups excluding carboxylic acids is 1. The van der Waals surface area contributed by atoms with E-state index >= 15 is 0 Å². The molecule has 3 nitrogen and oxygen atoms in total. The molecule has 0 aliphatic carbocycles. The number of benzene rings is 1. The molecule has 4 heteroatoms. The largest absolute Gasteiger partial charge is 0.345 e. The van der Waals surface area contributed by atoms with E-state index in [2.05, 4.69) is 5.32 Å². The molecule has 0 spiro atoms. The molecular weight excluding hydrogens is 248 g/mol. The van der Waals surface area contributed by atoms with Crippen molar-refractivity contribution in [3.05, 3.63) is 34.9 Å². The molecular formula is C14H21ClN2O. The summed E-state index contributed by atoms with van der Waals surface area (Å²) in [5, 5.41) is 4.00. The molecule has 0 aromatic heterocycles. The van der Waals surface area contributed by atoms with Crippen LogP contribution < -0.4 is 5.32 Å². The summed E-state index contributed by atoms with van der Waals surface area (Å²) >= 11 is 6.14. The van der Waals surface area contributed by atoms with Crippen LogP contribution in [-0.2, 0) is 4.79 Å². The van der Waals surface area contributed by atoms with Crippen molar-refractivity contribution in [3.63, 3.8) is 0 Å². The Bertz CT molecular complexity index is 409. The predicted molar refractivity (Wildman–Crippen MR) is 75.8 cm³/mol. The Morgan fingerprint density at radius 1 is 1.39 bits per heavy atom. The fraction of sp³-hybridized carbons (Fsp3) is 0.500. The molecule has 1 aromatic carbocycles. The number of likely N-dealkylation sites (N-methyl/N-ethyl adjacent to an activating group) is 1. The molecule has 1 rings (SSSR count). The minimum absolute atomic E-state index is 0.0444. The van der Waals surface area contributed by atoms with Crippen LogP contribution in [0.1, 0.15) is 32.4 Å². The predicted octanol–water partition coefficient (Wildman–Crippen LogP) is 2.86. The fourth-order valence-corrected chi connectivity index (χ4v) is 2.15. The quantitative estimate of drug-likeness (QED) is 0.891. The van der Waals surface area contributed by atoms with E-state index in [4.69, 9.17) is 11.6 Å². The van der Waals surface area contributed by atoms with E-state index in [1.54, 1.807) is 11.9 Å². The maximum Gasteiger partial charge on any atom is 0.239 e. The lowest BCUT2D eigenvalue weighted by Crippen LogP contribution is -2.43. The Morgan fingerprint density at radius 2 is 2.00 bits per heavy atom. The van der Waals surface area contributed by atoms with Crippen molar-refractivity contribution in [1.82, 2.24) is 10.2 Å². The van der Waals surface area contributed by atoms with Gasteiger partial charge < -0.3 is 4.90 Å². The molecule has 0 heterocycles. The highest BCUT2D eigenvalue weighted by Gasteiger charge is 2.19. The fourth-order valence-electron chi connectivity index (χ4n) is 1.85. The van der Waals surface area contributed by atoms with Crippen LogP contribution in [0.5, 0.6) is 0 Å². The zero-order chi connectivity index (χ0) is 13.7. The van der Waals surface area contributed by atoms with Crippen LogP contribution in [0.15, 0.2) is 24.3 Å². The Balaban J connectivity index is 2.68. The van der Waals surface area contributed by atoms with Crippen molar-refractivity contribution >= 4 is 17.5 Å². The second-order valence-electron chi connectivity index (χ2n) is 4.48. The number of hydrogen-bond acceptors (Lipinski definition) is 2. The van der Waals surface area contributed by atoms with Gasteiger partial charge in [-0.15, -0.1) is 0 Å². The average molecular weight is 269 g/mol. The molecule has 2 atom stereocenters. The van der Waals surface area contributed by atoms with Gasteiger partial charge in [-0.25, -0.2) is 0 Å². The lowest BCUT2D eigenvalue weighted by atomic mass is 10.1. The highest BCUT2D eigenvalue weighted by molar-refractivity contribution is 6.31. The highest BCUT2D eigenvalue weighted by atomic mass is 35.5. The number of nitrogens with zero attached hydrogens (tertiary/aromatic N) is 1. The third kappa shape index (κ3) is 3.72. The van der Waals surface area contributed by atoms with Crippen LogP contribution in [0.25, 0.3) is 0 Å². The lowest BCUT2D eigenvalue weighted by Gasteiger charge is -2.24. The van der Waals surface area contributed by atoms with Gasteiger partial charge in [-0.05, 0) is 32.4 Å². The van der Waals surface area contributed by atoms with Crippen molar-refractivity contribution in [2.75, 3.05) is 13.6 Å². The summed E-state index contributed by atoms with van der Waals surface area (Å²) in [6, 6.07) is 7.51. The number of hydrogen-bond donors (Lipinski definition) is 1. The second kappa shape index (κ2) is 6.76. The highest BCUT2D eigenvalue weighted by Crippen LogP contribution is 2.22. The van der Waals surface area contributed by atoms with Gasteiger partial charge in [0.05, 0.1) is 6.04 Å². The Labute approximate surface area is 114 Å². The van der Waals surface area contributed by atoms with Gasteiger partial charge >= 0.3 is 0 Å². The topological polar surface area (TPSA) is 32.3 Å². The summed E-state index contributed by atoms with van der Waals surface area (Å²) in [6.07, 6.45) is 0. The summed E-state index contributed by atoms with van der Waals surface area (Å²) < 4.78 is 0. The zero-order valence-corrected chi connectivity index (χ0v) is 12.2. The molecule has 2 unspecified atom stereocenters. The standard InChI is InChI=1S/C14H21ClN2O/c1-5-17(4)14(18)11(3)16-10(2)12-8-6-7-9-13(12)15/h6-11,16H,5H2,1-4H3. The maximum absolute atomic E-state index is 12.0. The average Bonchev–Trinajstić information content (AvgIpc) is 2.37. The van der Waals surface area contributed by atoms with Gasteiger partial charge in [0.1, 0.15) is 0 Å². The van der Waals surface area contributed by atoms with Gasteiger partial charge in [-0.1, -0.05) is 29.8 Å². The van der Waals surface area contributed by atoms with E-state index in [0.29, 0.717) is 6.54 Å². The van der Waals surface area contributed by atoms with Gasteiger partial charge in [0, 0.05) is 24.7 Å². The minimum atomic E-state index is -0.221. The number of amides is 1. The van der Waals surface area contributed by atoms with Gasteiger partial charge in [-0.2, -0.15) is 0 Å². The number of carbonyl (C=O) groups is 1. The first-order valence-corrected chi connectivity index (χ1v) is 6.60. The van der Waals surface area contributed by atoms with Crippen LogP contribution in [0.2, 0.25) is 5.02 Å². The zero-order valence-electron chi connectivity index (χ0n) is 11.4. The van der Waals surface area contributed by atoms with E-state index in [-0.39, 0.29) is 18.0 Å². The van der Waals surface area contributed by atoms with E-state index in [1.807, 2.05) is 45.0 Å². The first-order valence-electron chi connectivity index (χ1n) is 6.22. The summed E-state index contributed by atoms with van der Waals surface area (Å²) in [5.41, 5.74) is 1.01. The van der Waals surface area contributed by atoms with E-state index < -0.39 is 0 Å². The molecule has 0 aliphatic heterocycles. The van der Waals surface area contributed by atoms with Gasteiger partial charge in [0.2, 0.25) is 5.91 Å². The molecule has 0 aliphatic rings. The summed E-state index contributed by atoms with van der Waals surface area (Å²) in [5.74, 6) is 0.0939. The molecule has 0 fully saturated rings. The first-order chi connectivity index (χ1) is 8.47. The van der Waals surface area contributed by atoms with Crippen molar-refractivity contribution in [3.8, 4) is 0 Å². The maximum atomic E-state index is 12.0. The molecule has 0 radical (unpaired) electrons. The summed E-state index contributed by atoms with van der Waals surface area (Å²) in [4.78, 5) is 13.7. The van der Waals surface area contributed by atoms with E-state index in [1.165, 1.54) is 0 Å². The molecule has 0 saturated carbocycles. The second-order valence-corrected chi connectivity index (χ2v) is 4.89. The van der Waals surface area contributed by atoms with Gasteiger partial charge in [0.15, 0.2) is 0 Å². The molecule has 100 valence electrons. The number of nitrogens with one attached hydrogen (secondary N) is 1. The Morgan fingerprint density at radius 3 is 2.56 bits per heavy atom. The van der Waals surface area contributed by atoms with Gasteiger partial charge in [-0.3, -0.25) is 10.1 Å². The first kappa shape index (κ1) is 15.0. The Hall–Kier alpha value is -1.06. The van der Waals surface area contributed by atoms with Gasteiger partial charge in [0.25, 0.3) is 0 Å². The van der Waals surface area contributed by atoms with Crippen molar-refractivity contribution in [2.24, 2.45) is 0 Å². The molecule has 0 bridgehead atoms. The van der Waals surface area contributed by atoms with E-state index in [9.17, 15) is 4.79 Å².